The minimum Gasteiger partial charge on any atom is -0.353 e. The van der Waals surface area contributed by atoms with Crippen LogP contribution in [-0.4, -0.2) is 55.5 Å². The van der Waals surface area contributed by atoms with Gasteiger partial charge >= 0.3 is 0 Å². The Hall–Kier alpha value is -0.170. The summed E-state index contributed by atoms with van der Waals surface area (Å²) in [5.41, 5.74) is -0.00319. The average Bonchev–Trinajstić information content (AvgIpc) is 2.93. The number of likely N-dealkylation sites (N-methyl/N-ethyl adjacent to an activating group) is 1. The smallest absolute Gasteiger partial charge is 0.262 e. The Morgan fingerprint density at radius 3 is 2.29 bits per heavy atom. The van der Waals surface area contributed by atoms with Gasteiger partial charge in [-0.15, -0.1) is 24.8 Å². The summed E-state index contributed by atoms with van der Waals surface area (Å²) in [5.74, 6) is -3.06. The molecular weight excluding hydrogens is 323 g/mol. The molecule has 0 aromatic heterocycles. The van der Waals surface area contributed by atoms with Crippen molar-refractivity contribution in [3.05, 3.63) is 0 Å². The highest BCUT2D eigenvalue weighted by Gasteiger charge is 2.43. The number of amides is 1. The quantitative estimate of drug-likeness (QED) is 0.815. The second-order valence-corrected chi connectivity index (χ2v) is 6.04. The zero-order valence-electron chi connectivity index (χ0n) is 12.5. The van der Waals surface area contributed by atoms with Crippen molar-refractivity contribution in [2.45, 2.75) is 49.6 Å². The highest BCUT2D eigenvalue weighted by molar-refractivity contribution is 5.85. The Bertz CT molecular complexity index is 350. The summed E-state index contributed by atoms with van der Waals surface area (Å²) in [7, 11) is 4.03. The Balaban J connectivity index is 0.00000200. The standard InChI is InChI=1S/C13H23F2N3O.2ClH/c1-18(2)12(5-3-4-6-12)8-17-11(19)10-7-13(14,15)9-16-10;;/h10,16H,3-9H2,1-2H3,(H,17,19);2*1H. The van der Waals surface area contributed by atoms with Crippen LogP contribution in [0.15, 0.2) is 0 Å². The first-order chi connectivity index (χ1) is 8.85. The minimum atomic E-state index is -2.76. The molecular formula is C13H25Cl2F2N3O. The Kier molecular flexibility index (Phi) is 7.84. The van der Waals surface area contributed by atoms with Crippen molar-refractivity contribution in [2.24, 2.45) is 0 Å². The van der Waals surface area contributed by atoms with E-state index in [4.69, 9.17) is 0 Å². The predicted octanol–water partition coefficient (Wildman–Crippen LogP) is 1.82. The van der Waals surface area contributed by atoms with Crippen molar-refractivity contribution in [1.82, 2.24) is 15.5 Å². The van der Waals surface area contributed by atoms with Crippen molar-refractivity contribution >= 4 is 30.7 Å². The molecule has 0 bridgehead atoms. The lowest BCUT2D eigenvalue weighted by molar-refractivity contribution is -0.124. The summed E-state index contributed by atoms with van der Waals surface area (Å²) in [6.07, 6.45) is 4.03. The average molecular weight is 348 g/mol. The second-order valence-electron chi connectivity index (χ2n) is 6.04. The molecule has 1 aliphatic heterocycles. The number of halogens is 4. The van der Waals surface area contributed by atoms with Gasteiger partial charge in [-0.3, -0.25) is 10.1 Å². The van der Waals surface area contributed by atoms with Crippen LogP contribution in [0.25, 0.3) is 0 Å². The molecule has 21 heavy (non-hydrogen) atoms. The summed E-state index contributed by atoms with van der Waals surface area (Å²) < 4.78 is 26.1. The molecule has 1 amide bonds. The summed E-state index contributed by atoms with van der Waals surface area (Å²) in [4.78, 5) is 14.1. The van der Waals surface area contributed by atoms with Crippen LogP contribution in [0.5, 0.6) is 0 Å². The monoisotopic (exact) mass is 347 g/mol. The summed E-state index contributed by atoms with van der Waals surface area (Å²) in [6.45, 7) is 0.145. The highest BCUT2D eigenvalue weighted by Crippen LogP contribution is 2.33. The van der Waals surface area contributed by atoms with E-state index < -0.39 is 24.9 Å². The number of carbonyl (C=O) groups excluding carboxylic acids is 1. The maximum atomic E-state index is 13.0. The third-order valence-corrected chi connectivity index (χ3v) is 4.50. The molecule has 0 aromatic carbocycles. The van der Waals surface area contributed by atoms with Crippen LogP contribution < -0.4 is 10.6 Å². The zero-order chi connectivity index (χ0) is 14.1. The molecule has 1 saturated heterocycles. The number of alkyl halides is 2. The summed E-state index contributed by atoms with van der Waals surface area (Å²) in [5, 5.41) is 5.44. The number of rotatable bonds is 4. The number of carbonyl (C=O) groups is 1. The molecule has 2 aliphatic rings. The van der Waals surface area contributed by atoms with Gasteiger partial charge in [0.2, 0.25) is 5.91 Å². The summed E-state index contributed by atoms with van der Waals surface area (Å²) in [6, 6.07) is -0.754. The summed E-state index contributed by atoms with van der Waals surface area (Å²) >= 11 is 0. The molecule has 2 rings (SSSR count). The third-order valence-electron chi connectivity index (χ3n) is 4.50. The number of nitrogens with zero attached hydrogens (tertiary/aromatic N) is 1. The maximum Gasteiger partial charge on any atom is 0.262 e. The van der Waals surface area contributed by atoms with Crippen LogP contribution in [0.1, 0.15) is 32.1 Å². The SMILES string of the molecule is CN(C)C1(CNC(=O)C2CC(F)(F)CN2)CCCC1.Cl.Cl. The maximum absolute atomic E-state index is 13.0. The van der Waals surface area contributed by atoms with Gasteiger partial charge < -0.3 is 10.2 Å². The number of hydrogen-bond acceptors (Lipinski definition) is 3. The van der Waals surface area contributed by atoms with Crippen LogP contribution in [-0.2, 0) is 4.79 Å². The Morgan fingerprint density at radius 2 is 1.86 bits per heavy atom. The van der Waals surface area contributed by atoms with E-state index in [0.29, 0.717) is 6.54 Å². The molecule has 8 heteroatoms. The molecule has 0 spiro atoms. The fourth-order valence-corrected chi connectivity index (χ4v) is 3.09. The number of hydrogen-bond donors (Lipinski definition) is 2. The van der Waals surface area contributed by atoms with Crippen molar-refractivity contribution < 1.29 is 13.6 Å². The molecule has 126 valence electrons. The van der Waals surface area contributed by atoms with Crippen molar-refractivity contribution in [1.29, 1.82) is 0 Å². The molecule has 1 saturated carbocycles. The fraction of sp³-hybridized carbons (Fsp3) is 0.923. The van der Waals surface area contributed by atoms with Gasteiger partial charge in [-0.25, -0.2) is 8.78 Å². The minimum absolute atomic E-state index is 0. The molecule has 2 N–H and O–H groups in total. The molecule has 1 atom stereocenters. The van der Waals surface area contributed by atoms with Gasteiger partial charge in [-0.1, -0.05) is 12.8 Å². The van der Waals surface area contributed by atoms with Gasteiger partial charge in [0.05, 0.1) is 12.6 Å². The van der Waals surface area contributed by atoms with E-state index in [1.165, 1.54) is 0 Å². The van der Waals surface area contributed by atoms with Gasteiger partial charge in [-0.05, 0) is 26.9 Å². The van der Waals surface area contributed by atoms with Crippen LogP contribution in [0.3, 0.4) is 0 Å². The first-order valence-corrected chi connectivity index (χ1v) is 6.91. The van der Waals surface area contributed by atoms with Crippen LogP contribution in [0.2, 0.25) is 0 Å². The molecule has 0 aromatic rings. The topological polar surface area (TPSA) is 44.4 Å². The van der Waals surface area contributed by atoms with Gasteiger partial charge in [0.1, 0.15) is 0 Å². The van der Waals surface area contributed by atoms with Gasteiger partial charge in [-0.2, -0.15) is 0 Å². The molecule has 1 unspecified atom stereocenters. The van der Waals surface area contributed by atoms with Crippen molar-refractivity contribution in [2.75, 3.05) is 27.2 Å². The molecule has 0 radical (unpaired) electrons. The van der Waals surface area contributed by atoms with Crippen molar-refractivity contribution in [3.63, 3.8) is 0 Å². The van der Waals surface area contributed by atoms with Gasteiger partial charge in [0.25, 0.3) is 5.92 Å². The van der Waals surface area contributed by atoms with Crippen LogP contribution in [0, 0.1) is 0 Å². The van der Waals surface area contributed by atoms with Crippen molar-refractivity contribution in [3.8, 4) is 0 Å². The van der Waals surface area contributed by atoms with E-state index in [-0.39, 0.29) is 36.3 Å². The Labute approximate surface area is 137 Å². The van der Waals surface area contributed by atoms with Crippen LogP contribution >= 0.6 is 24.8 Å². The second kappa shape index (κ2) is 7.90. The van der Waals surface area contributed by atoms with E-state index in [1.807, 2.05) is 14.1 Å². The molecule has 4 nitrogen and oxygen atoms in total. The van der Waals surface area contributed by atoms with Crippen LogP contribution in [0.4, 0.5) is 8.78 Å². The van der Waals surface area contributed by atoms with E-state index in [0.717, 1.165) is 25.7 Å². The first kappa shape index (κ1) is 20.8. The molecule has 1 aliphatic carbocycles. The zero-order valence-corrected chi connectivity index (χ0v) is 14.1. The van der Waals surface area contributed by atoms with E-state index in [9.17, 15) is 13.6 Å². The lowest BCUT2D eigenvalue weighted by atomic mass is 9.96. The number of nitrogens with one attached hydrogen (secondary N) is 2. The molecule has 2 fully saturated rings. The predicted molar refractivity (Wildman–Crippen MR) is 83.7 cm³/mol. The first-order valence-electron chi connectivity index (χ1n) is 6.91. The molecule has 1 heterocycles. The highest BCUT2D eigenvalue weighted by atomic mass is 35.5. The van der Waals surface area contributed by atoms with E-state index in [1.54, 1.807) is 0 Å². The van der Waals surface area contributed by atoms with E-state index >= 15 is 0 Å². The fourth-order valence-electron chi connectivity index (χ4n) is 3.09. The lowest BCUT2D eigenvalue weighted by Gasteiger charge is -2.36. The largest absolute Gasteiger partial charge is 0.353 e. The normalized spacial score (nSPS) is 26.0. The van der Waals surface area contributed by atoms with Gasteiger partial charge in [0, 0.05) is 18.5 Å². The van der Waals surface area contributed by atoms with Gasteiger partial charge in [0.15, 0.2) is 0 Å². The Morgan fingerprint density at radius 1 is 1.29 bits per heavy atom. The third kappa shape index (κ3) is 4.91. The lowest BCUT2D eigenvalue weighted by Crippen LogP contribution is -2.53. The van der Waals surface area contributed by atoms with E-state index in [2.05, 4.69) is 15.5 Å².